The molecular formula is C27H27N5O4S. The van der Waals surface area contributed by atoms with Crippen LogP contribution < -0.4 is 15.4 Å². The van der Waals surface area contributed by atoms with Gasteiger partial charge in [0.25, 0.3) is 10.1 Å². The molecule has 9 nitrogen and oxygen atoms in total. The van der Waals surface area contributed by atoms with Gasteiger partial charge in [0.15, 0.2) is 5.96 Å². The zero-order valence-corrected chi connectivity index (χ0v) is 20.9. The van der Waals surface area contributed by atoms with Crippen LogP contribution in [0.2, 0.25) is 0 Å². The van der Waals surface area contributed by atoms with E-state index in [0.717, 1.165) is 34.1 Å². The Kier molecular flexibility index (Phi) is 9.89. The maximum Gasteiger partial charge on any atom is 0.261 e. The number of ether oxygens (including phenoxy) is 1. The van der Waals surface area contributed by atoms with Gasteiger partial charge in [-0.2, -0.15) is 18.6 Å². The van der Waals surface area contributed by atoms with Crippen molar-refractivity contribution < 1.29 is 17.7 Å². The summed E-state index contributed by atoms with van der Waals surface area (Å²) in [5.41, 5.74) is 4.18. The van der Waals surface area contributed by atoms with Gasteiger partial charge in [-0.15, -0.1) is 0 Å². The number of hydrogen-bond acceptors (Lipinski definition) is 6. The third-order valence-corrected chi connectivity index (χ3v) is 4.53. The van der Waals surface area contributed by atoms with Crippen molar-refractivity contribution in [1.82, 2.24) is 0 Å². The predicted molar refractivity (Wildman–Crippen MR) is 147 cm³/mol. The second kappa shape index (κ2) is 13.5. The summed E-state index contributed by atoms with van der Waals surface area (Å²) in [7, 11) is -3.67. The van der Waals surface area contributed by atoms with Gasteiger partial charge in [-0.3, -0.25) is 9.96 Å². The standard InChI is InChI=1S/C26H23N5O.CH4O3S/c27-26(28-21-14-16-23(17-15-21)31-30-22-10-5-2-6-11-22)29-24-12-7-13-25(18-24)32-19-20-8-3-1-4-9-20;1-5(2,3)4/h1-18H,19H2,(H3,27,28,29);1H3,(H,2,3,4)/b31-30+;. The van der Waals surface area contributed by atoms with Crippen molar-refractivity contribution >= 4 is 38.8 Å². The number of nitrogens with zero attached hydrogens (tertiary/aromatic N) is 2. The second-order valence-corrected chi connectivity index (χ2v) is 9.21. The minimum atomic E-state index is -3.67. The van der Waals surface area contributed by atoms with Crippen molar-refractivity contribution in [3.63, 3.8) is 0 Å². The molecule has 0 aliphatic carbocycles. The van der Waals surface area contributed by atoms with Gasteiger partial charge in [-0.05, 0) is 54.1 Å². The van der Waals surface area contributed by atoms with E-state index in [4.69, 9.17) is 14.7 Å². The number of azo groups is 1. The van der Waals surface area contributed by atoms with E-state index in [1.807, 2.05) is 109 Å². The van der Waals surface area contributed by atoms with Gasteiger partial charge in [-0.1, -0.05) is 54.6 Å². The molecule has 0 fully saturated rings. The summed E-state index contributed by atoms with van der Waals surface area (Å²) in [6, 6.07) is 34.5. The summed E-state index contributed by atoms with van der Waals surface area (Å²) in [4.78, 5) is 0. The van der Waals surface area contributed by atoms with E-state index >= 15 is 0 Å². The summed E-state index contributed by atoms with van der Waals surface area (Å²) in [5.74, 6) is 0.892. The minimum Gasteiger partial charge on any atom is -0.489 e. The van der Waals surface area contributed by atoms with Gasteiger partial charge in [0, 0.05) is 17.4 Å². The van der Waals surface area contributed by atoms with Gasteiger partial charge in [0.1, 0.15) is 12.4 Å². The first-order valence-electron chi connectivity index (χ1n) is 11.1. The maximum atomic E-state index is 9.19. The Morgan fingerprint density at radius 2 is 1.32 bits per heavy atom. The lowest BCUT2D eigenvalue weighted by atomic mass is 10.2. The largest absolute Gasteiger partial charge is 0.489 e. The average molecular weight is 518 g/mol. The molecule has 4 aromatic carbocycles. The third-order valence-electron chi connectivity index (χ3n) is 4.53. The highest BCUT2D eigenvalue weighted by Crippen LogP contribution is 2.21. The summed E-state index contributed by atoms with van der Waals surface area (Å²) in [6.07, 6.45) is 0.715. The lowest BCUT2D eigenvalue weighted by Crippen LogP contribution is -2.20. The van der Waals surface area contributed by atoms with E-state index < -0.39 is 10.1 Å². The quantitative estimate of drug-likeness (QED) is 0.0938. The molecule has 0 unspecified atom stereocenters. The Morgan fingerprint density at radius 1 is 0.784 bits per heavy atom. The van der Waals surface area contributed by atoms with Crippen molar-refractivity contribution in [3.05, 3.63) is 115 Å². The van der Waals surface area contributed by atoms with Crippen LogP contribution in [-0.4, -0.2) is 25.2 Å². The molecule has 0 heterocycles. The smallest absolute Gasteiger partial charge is 0.261 e. The van der Waals surface area contributed by atoms with Crippen LogP contribution in [0.4, 0.5) is 22.7 Å². The summed E-state index contributed by atoms with van der Waals surface area (Å²) in [6.45, 7) is 0.494. The number of nitrogens with one attached hydrogen (secondary N) is 3. The second-order valence-electron chi connectivity index (χ2n) is 7.74. The van der Waals surface area contributed by atoms with E-state index in [9.17, 15) is 8.42 Å². The van der Waals surface area contributed by atoms with Crippen LogP contribution in [0, 0.1) is 5.41 Å². The van der Waals surface area contributed by atoms with Gasteiger partial charge in [0.2, 0.25) is 0 Å². The monoisotopic (exact) mass is 517 g/mol. The molecule has 4 N–H and O–H groups in total. The topological polar surface area (TPSA) is 136 Å². The summed E-state index contributed by atoms with van der Waals surface area (Å²) >= 11 is 0. The van der Waals surface area contributed by atoms with Crippen LogP contribution in [0.5, 0.6) is 5.75 Å². The predicted octanol–water partition coefficient (Wildman–Crippen LogP) is 6.64. The molecule has 0 spiro atoms. The first kappa shape index (κ1) is 27.1. The number of rotatable bonds is 7. The first-order chi connectivity index (χ1) is 17.7. The van der Waals surface area contributed by atoms with Crippen LogP contribution in [0.25, 0.3) is 0 Å². The fraction of sp³-hybridized carbons (Fsp3) is 0.0741. The molecular weight excluding hydrogens is 490 g/mol. The molecule has 0 aliphatic rings. The molecule has 0 atom stereocenters. The first-order valence-corrected chi connectivity index (χ1v) is 13.0. The molecule has 10 heteroatoms. The fourth-order valence-electron chi connectivity index (χ4n) is 2.95. The molecule has 0 saturated heterocycles. The highest BCUT2D eigenvalue weighted by atomic mass is 32.2. The highest BCUT2D eigenvalue weighted by Gasteiger charge is 2.02. The van der Waals surface area contributed by atoms with Crippen molar-refractivity contribution in [3.8, 4) is 5.75 Å². The lowest BCUT2D eigenvalue weighted by molar-refractivity contribution is 0.306. The zero-order valence-electron chi connectivity index (χ0n) is 20.1. The van der Waals surface area contributed by atoms with Crippen molar-refractivity contribution in [2.24, 2.45) is 10.2 Å². The van der Waals surface area contributed by atoms with Crippen LogP contribution >= 0.6 is 0 Å². The Balaban J connectivity index is 0.000000695. The minimum absolute atomic E-state index is 0.156. The molecule has 0 aliphatic heterocycles. The molecule has 0 aromatic heterocycles. The van der Waals surface area contributed by atoms with Crippen LogP contribution in [0.15, 0.2) is 119 Å². The molecule has 4 rings (SSSR count). The normalized spacial score (nSPS) is 10.8. The number of benzene rings is 4. The SMILES string of the molecule is CS(=O)(=O)O.N=C(Nc1ccc(/N=N/c2ccccc2)cc1)Nc1cccc(OCc2ccccc2)c1. The van der Waals surface area contributed by atoms with Crippen molar-refractivity contribution in [1.29, 1.82) is 5.41 Å². The van der Waals surface area contributed by atoms with Crippen molar-refractivity contribution in [2.45, 2.75) is 6.61 Å². The van der Waals surface area contributed by atoms with Crippen molar-refractivity contribution in [2.75, 3.05) is 16.9 Å². The molecule has 0 radical (unpaired) electrons. The molecule has 0 bridgehead atoms. The Hall–Kier alpha value is -4.54. The number of hydrogen-bond donors (Lipinski definition) is 4. The third kappa shape index (κ3) is 11.2. The Morgan fingerprint density at radius 3 is 1.95 bits per heavy atom. The molecule has 0 saturated carbocycles. The molecule has 37 heavy (non-hydrogen) atoms. The van der Waals surface area contributed by atoms with Gasteiger partial charge in [-0.25, -0.2) is 0 Å². The molecule has 4 aromatic rings. The average Bonchev–Trinajstić information content (AvgIpc) is 2.87. The van der Waals surface area contributed by atoms with Crippen LogP contribution in [0.1, 0.15) is 5.56 Å². The van der Waals surface area contributed by atoms with E-state index in [1.165, 1.54) is 0 Å². The number of anilines is 2. The van der Waals surface area contributed by atoms with Gasteiger partial charge in [0.05, 0.1) is 17.6 Å². The van der Waals surface area contributed by atoms with E-state index in [-0.39, 0.29) is 5.96 Å². The zero-order chi connectivity index (χ0) is 26.5. The summed E-state index contributed by atoms with van der Waals surface area (Å²) in [5, 5.41) is 22.7. The maximum absolute atomic E-state index is 9.19. The van der Waals surface area contributed by atoms with E-state index in [0.29, 0.717) is 12.9 Å². The van der Waals surface area contributed by atoms with Crippen LogP contribution in [-0.2, 0) is 16.7 Å². The Bertz CT molecular complexity index is 1400. The summed E-state index contributed by atoms with van der Waals surface area (Å²) < 4.78 is 31.7. The van der Waals surface area contributed by atoms with E-state index in [2.05, 4.69) is 20.9 Å². The molecule has 0 amide bonds. The van der Waals surface area contributed by atoms with Crippen LogP contribution in [0.3, 0.4) is 0 Å². The lowest BCUT2D eigenvalue weighted by Gasteiger charge is -2.12. The number of guanidine groups is 1. The highest BCUT2D eigenvalue weighted by molar-refractivity contribution is 7.85. The van der Waals surface area contributed by atoms with E-state index in [1.54, 1.807) is 0 Å². The Labute approximate surface area is 216 Å². The van der Waals surface area contributed by atoms with Gasteiger partial charge < -0.3 is 15.4 Å². The molecule has 190 valence electrons. The fourth-order valence-corrected chi connectivity index (χ4v) is 2.95. The van der Waals surface area contributed by atoms with Gasteiger partial charge >= 0.3 is 0 Å².